The lowest BCUT2D eigenvalue weighted by Gasteiger charge is -2.03. The molecule has 0 atom stereocenters. The first-order valence-corrected chi connectivity index (χ1v) is 5.16. The Bertz CT molecular complexity index is 302. The molecule has 0 radical (unpaired) electrons. The molecule has 0 unspecified atom stereocenters. The third-order valence-electron chi connectivity index (χ3n) is 1.55. The summed E-state index contributed by atoms with van der Waals surface area (Å²) in [6, 6.07) is 1.73. The molecule has 0 fully saturated rings. The molecular formula is C8H12N4S. The van der Waals surface area contributed by atoms with E-state index in [1.165, 1.54) is 11.8 Å². The monoisotopic (exact) mass is 196 g/mol. The van der Waals surface area contributed by atoms with Gasteiger partial charge in [-0.3, -0.25) is 5.41 Å². The number of amidine groups is 1. The zero-order chi connectivity index (χ0) is 9.84. The van der Waals surface area contributed by atoms with Crippen LogP contribution in [-0.4, -0.2) is 22.1 Å². The van der Waals surface area contributed by atoms with Gasteiger partial charge in [-0.05, 0) is 12.3 Å². The highest BCUT2D eigenvalue weighted by Crippen LogP contribution is 2.12. The number of hydrogen-bond acceptors (Lipinski definition) is 4. The smallest absolute Gasteiger partial charge is 0.141 e. The van der Waals surface area contributed by atoms with Gasteiger partial charge in [0.2, 0.25) is 0 Å². The lowest BCUT2D eigenvalue weighted by molar-refractivity contribution is 0.882. The Hall–Kier alpha value is -1.10. The van der Waals surface area contributed by atoms with Crippen molar-refractivity contribution in [2.75, 3.05) is 6.26 Å². The van der Waals surface area contributed by atoms with Crippen molar-refractivity contribution < 1.29 is 0 Å². The maximum absolute atomic E-state index is 7.26. The summed E-state index contributed by atoms with van der Waals surface area (Å²) in [6.07, 6.45) is 2.69. The molecule has 5 heteroatoms. The second-order valence-corrected chi connectivity index (χ2v) is 3.31. The molecule has 0 aromatic carbocycles. The van der Waals surface area contributed by atoms with E-state index in [4.69, 9.17) is 11.1 Å². The summed E-state index contributed by atoms with van der Waals surface area (Å²) in [7, 11) is 0. The fraction of sp³-hybridized carbons (Fsp3) is 0.375. The Morgan fingerprint density at radius 3 is 2.77 bits per heavy atom. The molecule has 1 aromatic heterocycles. The number of nitrogens with one attached hydrogen (secondary N) is 1. The minimum atomic E-state index is -0.00704. The van der Waals surface area contributed by atoms with Gasteiger partial charge in [0.25, 0.3) is 0 Å². The lowest BCUT2D eigenvalue weighted by atomic mass is 10.3. The zero-order valence-electron chi connectivity index (χ0n) is 7.66. The van der Waals surface area contributed by atoms with Crippen molar-refractivity contribution in [3.05, 3.63) is 17.6 Å². The van der Waals surface area contributed by atoms with Crippen LogP contribution in [0.5, 0.6) is 0 Å². The van der Waals surface area contributed by atoms with Gasteiger partial charge in [-0.1, -0.05) is 6.92 Å². The van der Waals surface area contributed by atoms with E-state index in [1.54, 1.807) is 6.07 Å². The van der Waals surface area contributed by atoms with Crippen LogP contribution in [0.3, 0.4) is 0 Å². The quantitative estimate of drug-likeness (QED) is 0.328. The molecule has 1 rings (SSSR count). The second kappa shape index (κ2) is 4.23. The van der Waals surface area contributed by atoms with Crippen LogP contribution in [0.25, 0.3) is 0 Å². The van der Waals surface area contributed by atoms with E-state index >= 15 is 0 Å². The first-order chi connectivity index (χ1) is 6.17. The number of rotatable bonds is 3. The minimum absolute atomic E-state index is 0.00704. The highest BCUT2D eigenvalue weighted by atomic mass is 32.2. The molecule has 0 saturated carbocycles. The molecule has 0 saturated heterocycles. The third-order valence-corrected chi connectivity index (χ3v) is 2.18. The number of aromatic nitrogens is 2. The average Bonchev–Trinajstić information content (AvgIpc) is 2.16. The maximum atomic E-state index is 7.26. The second-order valence-electron chi connectivity index (χ2n) is 2.48. The van der Waals surface area contributed by atoms with E-state index < -0.39 is 0 Å². The summed E-state index contributed by atoms with van der Waals surface area (Å²) >= 11 is 1.53. The van der Waals surface area contributed by atoms with E-state index in [9.17, 15) is 0 Å². The van der Waals surface area contributed by atoms with Crippen molar-refractivity contribution in [3.63, 3.8) is 0 Å². The van der Waals surface area contributed by atoms with Crippen LogP contribution >= 0.6 is 11.8 Å². The van der Waals surface area contributed by atoms with Crippen molar-refractivity contribution in [3.8, 4) is 0 Å². The fourth-order valence-electron chi connectivity index (χ4n) is 0.873. The van der Waals surface area contributed by atoms with E-state index in [0.717, 1.165) is 17.3 Å². The van der Waals surface area contributed by atoms with Crippen molar-refractivity contribution in [2.24, 2.45) is 5.73 Å². The molecule has 70 valence electrons. The van der Waals surface area contributed by atoms with Crippen LogP contribution in [0.4, 0.5) is 0 Å². The van der Waals surface area contributed by atoms with Gasteiger partial charge in [0.15, 0.2) is 0 Å². The van der Waals surface area contributed by atoms with Gasteiger partial charge in [0.1, 0.15) is 22.4 Å². The molecule has 0 spiro atoms. The summed E-state index contributed by atoms with van der Waals surface area (Å²) in [6.45, 7) is 1.98. The van der Waals surface area contributed by atoms with Crippen molar-refractivity contribution in [1.82, 2.24) is 9.97 Å². The van der Waals surface area contributed by atoms with Gasteiger partial charge < -0.3 is 5.73 Å². The Morgan fingerprint density at radius 1 is 1.62 bits per heavy atom. The predicted molar refractivity (Wildman–Crippen MR) is 54.2 cm³/mol. The molecular weight excluding hydrogens is 184 g/mol. The van der Waals surface area contributed by atoms with Gasteiger partial charge in [0, 0.05) is 6.42 Å². The van der Waals surface area contributed by atoms with Gasteiger partial charge in [-0.25, -0.2) is 9.97 Å². The number of thioether (sulfide) groups is 1. The van der Waals surface area contributed by atoms with Gasteiger partial charge >= 0.3 is 0 Å². The van der Waals surface area contributed by atoms with E-state index in [2.05, 4.69) is 9.97 Å². The molecule has 0 amide bonds. The predicted octanol–water partition coefficient (Wildman–Crippen LogP) is 1.04. The maximum Gasteiger partial charge on any atom is 0.141 e. The number of hydrogen-bond donors (Lipinski definition) is 2. The Morgan fingerprint density at radius 2 is 2.31 bits per heavy atom. The molecule has 0 aliphatic carbocycles. The van der Waals surface area contributed by atoms with Crippen LogP contribution < -0.4 is 5.73 Å². The van der Waals surface area contributed by atoms with E-state index in [-0.39, 0.29) is 5.84 Å². The number of nitrogens with two attached hydrogens (primary N) is 1. The summed E-state index contributed by atoms with van der Waals surface area (Å²) in [4.78, 5) is 8.38. The third kappa shape index (κ3) is 2.42. The highest BCUT2D eigenvalue weighted by Gasteiger charge is 2.04. The number of nitrogens with zero attached hydrogens (tertiary/aromatic N) is 2. The first-order valence-electron chi connectivity index (χ1n) is 3.93. The Balaban J connectivity index is 3.14. The Kier molecular flexibility index (Phi) is 3.25. The van der Waals surface area contributed by atoms with Crippen LogP contribution in [-0.2, 0) is 6.42 Å². The van der Waals surface area contributed by atoms with Crippen LogP contribution in [0.2, 0.25) is 0 Å². The highest BCUT2D eigenvalue weighted by molar-refractivity contribution is 7.98. The minimum Gasteiger partial charge on any atom is -0.382 e. The molecule has 4 nitrogen and oxygen atoms in total. The van der Waals surface area contributed by atoms with Gasteiger partial charge in [0.05, 0.1) is 0 Å². The van der Waals surface area contributed by atoms with Crippen LogP contribution in [0.15, 0.2) is 11.1 Å². The normalized spacial score (nSPS) is 10.0. The topological polar surface area (TPSA) is 75.7 Å². The van der Waals surface area contributed by atoms with Crippen molar-refractivity contribution in [2.45, 2.75) is 18.4 Å². The molecule has 0 aliphatic rings. The van der Waals surface area contributed by atoms with Gasteiger partial charge in [-0.15, -0.1) is 11.8 Å². The first kappa shape index (κ1) is 9.98. The average molecular weight is 196 g/mol. The van der Waals surface area contributed by atoms with Gasteiger partial charge in [-0.2, -0.15) is 0 Å². The molecule has 1 aromatic rings. The van der Waals surface area contributed by atoms with E-state index in [0.29, 0.717) is 5.69 Å². The molecule has 13 heavy (non-hydrogen) atoms. The molecule has 0 aliphatic heterocycles. The fourth-order valence-corrected chi connectivity index (χ4v) is 1.30. The zero-order valence-corrected chi connectivity index (χ0v) is 8.48. The summed E-state index contributed by atoms with van der Waals surface area (Å²) in [5, 5.41) is 8.12. The van der Waals surface area contributed by atoms with Crippen LogP contribution in [0.1, 0.15) is 18.4 Å². The SMILES string of the molecule is CCc1nc(SC)cc(C(=N)N)n1. The summed E-state index contributed by atoms with van der Waals surface area (Å²) in [5.74, 6) is 0.726. The van der Waals surface area contributed by atoms with Crippen molar-refractivity contribution >= 4 is 17.6 Å². The van der Waals surface area contributed by atoms with Crippen molar-refractivity contribution in [1.29, 1.82) is 5.41 Å². The molecule has 1 heterocycles. The lowest BCUT2D eigenvalue weighted by Crippen LogP contribution is -2.15. The summed E-state index contributed by atoms with van der Waals surface area (Å²) in [5.41, 5.74) is 5.86. The van der Waals surface area contributed by atoms with E-state index in [1.807, 2.05) is 13.2 Å². The Labute approximate surface area is 81.5 Å². The number of nitrogen functional groups attached to an aromatic ring is 1. The molecule has 0 bridgehead atoms. The standard InChI is InChI=1S/C8H12N4S/c1-3-6-11-5(8(9)10)4-7(12-6)13-2/h4H,3H2,1-2H3,(H3,9,10). The van der Waals surface area contributed by atoms with Crippen LogP contribution in [0, 0.1) is 5.41 Å². The largest absolute Gasteiger partial charge is 0.382 e. The number of aryl methyl sites for hydroxylation is 1. The summed E-state index contributed by atoms with van der Waals surface area (Å²) < 4.78 is 0. The molecule has 3 N–H and O–H groups in total.